The van der Waals surface area contributed by atoms with E-state index in [-0.39, 0.29) is 17.5 Å². The van der Waals surface area contributed by atoms with E-state index in [9.17, 15) is 29.3 Å². The number of hydrogen-bond donors (Lipinski definition) is 0. The molecule has 0 saturated heterocycles. The van der Waals surface area contributed by atoms with Crippen molar-refractivity contribution >= 4 is 29.3 Å². The number of imide groups is 1. The summed E-state index contributed by atoms with van der Waals surface area (Å²) >= 11 is 0. The Bertz CT molecular complexity index is 1330. The van der Waals surface area contributed by atoms with E-state index in [2.05, 4.69) is 0 Å². The first kappa shape index (κ1) is 23.5. The first-order valence-corrected chi connectivity index (χ1v) is 10.7. The van der Waals surface area contributed by atoms with Gasteiger partial charge in [0.1, 0.15) is 11.6 Å². The van der Waals surface area contributed by atoms with Crippen molar-refractivity contribution in [3.63, 3.8) is 0 Å². The van der Waals surface area contributed by atoms with Crippen LogP contribution >= 0.6 is 0 Å². The van der Waals surface area contributed by atoms with E-state index in [1.54, 1.807) is 54.6 Å². The summed E-state index contributed by atoms with van der Waals surface area (Å²) in [6.07, 6.45) is -0.0857. The highest BCUT2D eigenvalue weighted by molar-refractivity contribution is 6.24. The summed E-state index contributed by atoms with van der Waals surface area (Å²) in [6.45, 7) is 1.28. The molecular weight excluding hydrogens is 452 g/mol. The van der Waals surface area contributed by atoms with Gasteiger partial charge in [0.15, 0.2) is 12.4 Å². The molecule has 0 aromatic heterocycles. The Morgan fingerprint density at radius 3 is 2.29 bits per heavy atom. The maximum Gasteiger partial charge on any atom is 0.330 e. The molecule has 0 unspecified atom stereocenters. The maximum atomic E-state index is 13.2. The molecule has 1 heterocycles. The van der Waals surface area contributed by atoms with Crippen molar-refractivity contribution in [3.05, 3.63) is 111 Å². The number of aryl methyl sites for hydroxylation is 1. The lowest BCUT2D eigenvalue weighted by Gasteiger charge is -2.24. The SMILES string of the molecule is Cc1ccc(C(=O)COC(=O)[C@@H](Cc2ccccc2)N2C(=O)c3cccc([N+](=O)[O-])c3C2=O)cc1. The van der Waals surface area contributed by atoms with Crippen molar-refractivity contribution in [2.75, 3.05) is 6.61 Å². The number of hydrogen-bond acceptors (Lipinski definition) is 7. The molecule has 1 atom stereocenters. The molecule has 3 aromatic carbocycles. The number of nitro groups is 1. The molecule has 35 heavy (non-hydrogen) atoms. The van der Waals surface area contributed by atoms with Crippen LogP contribution in [0.5, 0.6) is 0 Å². The normalized spacial score (nSPS) is 13.3. The Labute approximate surface area is 200 Å². The van der Waals surface area contributed by atoms with E-state index >= 15 is 0 Å². The number of benzene rings is 3. The fourth-order valence-electron chi connectivity index (χ4n) is 3.89. The van der Waals surface area contributed by atoms with Gasteiger partial charge in [-0.25, -0.2) is 4.79 Å². The molecule has 0 bridgehead atoms. The summed E-state index contributed by atoms with van der Waals surface area (Å²) in [7, 11) is 0. The molecule has 0 fully saturated rings. The molecule has 1 aliphatic heterocycles. The Morgan fingerprint density at radius 2 is 1.63 bits per heavy atom. The highest BCUT2D eigenvalue weighted by Gasteiger charge is 2.47. The molecule has 9 nitrogen and oxygen atoms in total. The third-order valence-corrected chi connectivity index (χ3v) is 5.70. The molecule has 0 N–H and O–H groups in total. The van der Waals surface area contributed by atoms with Gasteiger partial charge >= 0.3 is 5.97 Å². The molecule has 0 spiro atoms. The molecule has 3 aromatic rings. The van der Waals surface area contributed by atoms with Gasteiger partial charge in [-0.3, -0.25) is 29.4 Å². The summed E-state index contributed by atoms with van der Waals surface area (Å²) in [6, 6.07) is 17.7. The Morgan fingerprint density at radius 1 is 0.943 bits per heavy atom. The zero-order valence-electron chi connectivity index (χ0n) is 18.7. The molecule has 4 rings (SSSR count). The number of nitrogens with zero attached hydrogens (tertiary/aromatic N) is 2. The van der Waals surface area contributed by atoms with Gasteiger partial charge in [-0.1, -0.05) is 66.2 Å². The topological polar surface area (TPSA) is 124 Å². The summed E-state index contributed by atoms with van der Waals surface area (Å²) in [5.74, 6) is -3.21. The number of fused-ring (bicyclic) bond motifs is 1. The number of carbonyl (C=O) groups excluding carboxylic acids is 4. The number of ketones is 1. The van der Waals surface area contributed by atoms with Crippen LogP contribution in [0.25, 0.3) is 0 Å². The monoisotopic (exact) mass is 472 g/mol. The fourth-order valence-corrected chi connectivity index (χ4v) is 3.89. The lowest BCUT2D eigenvalue weighted by molar-refractivity contribution is -0.385. The first-order valence-electron chi connectivity index (χ1n) is 10.7. The van der Waals surface area contributed by atoms with Gasteiger partial charge in [-0.15, -0.1) is 0 Å². The molecule has 0 radical (unpaired) electrons. The lowest BCUT2D eigenvalue weighted by Crippen LogP contribution is -2.47. The minimum Gasteiger partial charge on any atom is -0.456 e. The average molecular weight is 472 g/mol. The van der Waals surface area contributed by atoms with E-state index in [1.165, 1.54) is 12.1 Å². The van der Waals surface area contributed by atoms with Gasteiger partial charge in [-0.05, 0) is 18.6 Å². The molecule has 1 aliphatic rings. The predicted molar refractivity (Wildman–Crippen MR) is 124 cm³/mol. The second-order valence-electron chi connectivity index (χ2n) is 8.04. The van der Waals surface area contributed by atoms with Gasteiger partial charge in [0.25, 0.3) is 17.5 Å². The molecule has 2 amide bonds. The van der Waals surface area contributed by atoms with Gasteiger partial charge in [0.05, 0.1) is 10.5 Å². The van der Waals surface area contributed by atoms with Crippen LogP contribution in [0.2, 0.25) is 0 Å². The number of Topliss-reactive ketones (excluding diaryl/α,β-unsaturated/α-hetero) is 1. The zero-order chi connectivity index (χ0) is 25.1. The van der Waals surface area contributed by atoms with Crippen molar-refractivity contribution in [1.82, 2.24) is 4.90 Å². The first-order chi connectivity index (χ1) is 16.8. The Kier molecular flexibility index (Phi) is 6.50. The molecule has 0 saturated carbocycles. The number of carbonyl (C=O) groups is 4. The molecule has 176 valence electrons. The van der Waals surface area contributed by atoms with Crippen LogP contribution in [0.1, 0.15) is 42.2 Å². The van der Waals surface area contributed by atoms with Crippen LogP contribution in [-0.2, 0) is 16.0 Å². The summed E-state index contributed by atoms with van der Waals surface area (Å²) in [4.78, 5) is 63.3. The van der Waals surface area contributed by atoms with Crippen molar-refractivity contribution < 1.29 is 28.8 Å². The smallest absolute Gasteiger partial charge is 0.330 e. The quantitative estimate of drug-likeness (QED) is 0.161. The van der Waals surface area contributed by atoms with Gasteiger partial charge < -0.3 is 4.74 Å². The van der Waals surface area contributed by atoms with Gasteiger partial charge in [0.2, 0.25) is 0 Å². The molecular formula is C26H20N2O7. The van der Waals surface area contributed by atoms with Gasteiger partial charge in [0, 0.05) is 18.1 Å². The minimum atomic E-state index is -1.42. The van der Waals surface area contributed by atoms with Crippen molar-refractivity contribution in [2.45, 2.75) is 19.4 Å². The van der Waals surface area contributed by atoms with Crippen LogP contribution in [0.4, 0.5) is 5.69 Å². The second-order valence-corrected chi connectivity index (χ2v) is 8.04. The molecule has 9 heteroatoms. The summed E-state index contributed by atoms with van der Waals surface area (Å²) in [5, 5.41) is 11.4. The Hall–Kier alpha value is -4.66. The van der Waals surface area contributed by atoms with Crippen molar-refractivity contribution in [3.8, 4) is 0 Å². The van der Waals surface area contributed by atoms with Crippen LogP contribution < -0.4 is 0 Å². The number of rotatable bonds is 8. The predicted octanol–water partition coefficient (Wildman–Crippen LogP) is 3.54. The molecule has 0 aliphatic carbocycles. The highest BCUT2D eigenvalue weighted by Crippen LogP contribution is 2.32. The Balaban J connectivity index is 1.62. The van der Waals surface area contributed by atoms with Crippen LogP contribution in [0, 0.1) is 17.0 Å². The summed E-state index contributed by atoms with van der Waals surface area (Å²) < 4.78 is 5.24. The third-order valence-electron chi connectivity index (χ3n) is 5.70. The zero-order valence-corrected chi connectivity index (χ0v) is 18.7. The fraction of sp³-hybridized carbons (Fsp3) is 0.154. The van der Waals surface area contributed by atoms with Crippen molar-refractivity contribution in [1.29, 1.82) is 0 Å². The van der Waals surface area contributed by atoms with E-state index < -0.39 is 46.8 Å². The van der Waals surface area contributed by atoms with Crippen molar-refractivity contribution in [2.24, 2.45) is 0 Å². The largest absolute Gasteiger partial charge is 0.456 e. The number of esters is 1. The average Bonchev–Trinajstić information content (AvgIpc) is 3.11. The number of ether oxygens (including phenoxy) is 1. The van der Waals surface area contributed by atoms with Gasteiger partial charge in [-0.2, -0.15) is 0 Å². The second kappa shape index (κ2) is 9.68. The summed E-state index contributed by atoms with van der Waals surface area (Å²) in [5.41, 5.74) is 0.880. The van der Waals surface area contributed by atoms with E-state index in [1.807, 2.05) is 6.92 Å². The highest BCUT2D eigenvalue weighted by atomic mass is 16.6. The standard InChI is InChI=1S/C26H20N2O7/c1-16-10-12-18(13-11-16)22(29)15-35-26(32)21(14-17-6-3-2-4-7-17)27-24(30)19-8-5-9-20(28(33)34)23(19)25(27)31/h2-13,21H,14-15H2,1H3/t21-/m1/s1. The number of amides is 2. The van der Waals surface area contributed by atoms with E-state index in [4.69, 9.17) is 4.74 Å². The van der Waals surface area contributed by atoms with Crippen LogP contribution in [-0.4, -0.2) is 46.0 Å². The van der Waals surface area contributed by atoms with E-state index in [0.717, 1.165) is 11.6 Å². The lowest BCUT2D eigenvalue weighted by atomic mass is 10.0. The van der Waals surface area contributed by atoms with Crippen LogP contribution in [0.3, 0.4) is 0 Å². The number of nitro benzene ring substituents is 1. The van der Waals surface area contributed by atoms with Crippen LogP contribution in [0.15, 0.2) is 72.8 Å². The van der Waals surface area contributed by atoms with E-state index in [0.29, 0.717) is 16.0 Å². The minimum absolute atomic E-state index is 0.0857. The third kappa shape index (κ3) is 4.70. The maximum absolute atomic E-state index is 13.2.